The van der Waals surface area contributed by atoms with E-state index in [1.54, 1.807) is 6.07 Å². The van der Waals surface area contributed by atoms with Gasteiger partial charge < -0.3 is 35.1 Å². The van der Waals surface area contributed by atoms with Crippen LogP contribution in [0.3, 0.4) is 0 Å². The second kappa shape index (κ2) is 10.4. The summed E-state index contributed by atoms with van der Waals surface area (Å²) in [7, 11) is 1.35. The van der Waals surface area contributed by atoms with Crippen LogP contribution in [-0.2, 0) is 15.8 Å². The molecule has 48 heavy (non-hydrogen) atoms. The van der Waals surface area contributed by atoms with E-state index in [1.807, 2.05) is 0 Å². The van der Waals surface area contributed by atoms with E-state index in [1.165, 1.54) is 36.7 Å². The third kappa shape index (κ3) is 4.99. The maximum Gasteiger partial charge on any atom is 0.586 e. The molecule has 0 spiro atoms. The molecule has 4 N–H and O–H groups in total. The smallest absolute Gasteiger partial charge is 0.489 e. The lowest BCUT2D eigenvalue weighted by Crippen LogP contribution is -2.51. The van der Waals surface area contributed by atoms with Gasteiger partial charge in [-0.2, -0.15) is 18.3 Å². The summed E-state index contributed by atoms with van der Waals surface area (Å²) < 4.78 is 93.3. The van der Waals surface area contributed by atoms with Gasteiger partial charge in [0.05, 0.1) is 30.6 Å². The first-order valence-corrected chi connectivity index (χ1v) is 14.6. The largest absolute Gasteiger partial charge is 0.586 e. The third-order valence-electron chi connectivity index (χ3n) is 8.70. The lowest BCUT2D eigenvalue weighted by atomic mass is 9.81. The van der Waals surface area contributed by atoms with Crippen LogP contribution < -0.4 is 30.0 Å². The molecule has 17 heteroatoms. The number of nitrogens with one attached hydrogen (secondary N) is 1. The molecule has 4 aromatic rings. The average molecular weight is 676 g/mol. The van der Waals surface area contributed by atoms with Crippen molar-refractivity contribution in [3.05, 3.63) is 65.0 Å². The number of ether oxygens (including phenoxy) is 4. The van der Waals surface area contributed by atoms with Crippen molar-refractivity contribution in [1.29, 1.82) is 0 Å². The molecule has 252 valence electrons. The number of fused-ring (bicyclic) bond motifs is 3. The number of aromatic nitrogens is 3. The van der Waals surface area contributed by atoms with Gasteiger partial charge in [0.15, 0.2) is 11.5 Å². The fraction of sp³-hybridized carbons (Fsp3) is 0.355. The Labute approximate surface area is 267 Å². The molecule has 1 aliphatic carbocycles. The topological polar surface area (TPSA) is 160 Å². The molecule has 1 fully saturated rings. The van der Waals surface area contributed by atoms with Gasteiger partial charge in [0.2, 0.25) is 17.4 Å². The summed E-state index contributed by atoms with van der Waals surface area (Å²) in [5, 5.41) is 18.0. The number of benzene rings is 1. The monoisotopic (exact) mass is 675 g/mol. The third-order valence-corrected chi connectivity index (χ3v) is 8.70. The van der Waals surface area contributed by atoms with Gasteiger partial charge in [-0.05, 0) is 56.2 Å². The van der Waals surface area contributed by atoms with Crippen molar-refractivity contribution in [1.82, 2.24) is 19.9 Å². The van der Waals surface area contributed by atoms with Gasteiger partial charge in [0, 0.05) is 28.7 Å². The number of rotatable bonds is 8. The fourth-order valence-electron chi connectivity index (χ4n) is 5.68. The van der Waals surface area contributed by atoms with Crippen molar-refractivity contribution >= 4 is 17.3 Å². The molecular formula is C31H26F5N5O7. The Balaban J connectivity index is 1.28. The first kappa shape index (κ1) is 31.4. The number of halogens is 5. The first-order valence-electron chi connectivity index (χ1n) is 14.6. The number of methoxy groups -OCH3 is 1. The molecule has 7 rings (SSSR count). The van der Waals surface area contributed by atoms with E-state index < -0.39 is 53.3 Å². The highest BCUT2D eigenvalue weighted by Crippen LogP contribution is 2.50. The van der Waals surface area contributed by atoms with Crippen LogP contribution in [0.25, 0.3) is 16.8 Å². The van der Waals surface area contributed by atoms with Gasteiger partial charge in [0.1, 0.15) is 23.5 Å². The number of nitrogens with two attached hydrogens (primary N) is 1. The molecule has 1 saturated carbocycles. The van der Waals surface area contributed by atoms with Gasteiger partial charge in [0.25, 0.3) is 5.91 Å². The van der Waals surface area contributed by atoms with Gasteiger partial charge in [-0.1, -0.05) is 0 Å². The van der Waals surface area contributed by atoms with Crippen LogP contribution in [-0.4, -0.2) is 64.3 Å². The minimum atomic E-state index is -5.44. The highest BCUT2D eigenvalue weighted by atomic mass is 19.4. The summed E-state index contributed by atoms with van der Waals surface area (Å²) in [5.41, 5.74) is -0.268. The SMILES string of the molecule is COc1cc(C(=O)NCC(O)(c2cc3c(c(-c4ccc5c(c4)OC(F)(F)O5)n2)OC[C@]3(C)C(N)=O)C(F)(F)F)cc2cc(C3CC3)nn12. The van der Waals surface area contributed by atoms with Crippen LogP contribution in [0, 0.1) is 0 Å². The Kier molecular flexibility index (Phi) is 6.81. The quantitative estimate of drug-likeness (QED) is 0.235. The first-order chi connectivity index (χ1) is 22.5. The Morgan fingerprint density at radius 3 is 2.52 bits per heavy atom. The van der Waals surface area contributed by atoms with Crippen molar-refractivity contribution in [2.45, 2.75) is 49.2 Å². The van der Waals surface area contributed by atoms with Crippen molar-refractivity contribution in [3.63, 3.8) is 0 Å². The van der Waals surface area contributed by atoms with E-state index in [-0.39, 0.29) is 52.3 Å². The molecule has 3 aliphatic rings. The van der Waals surface area contributed by atoms with Crippen molar-refractivity contribution in [3.8, 4) is 34.4 Å². The van der Waals surface area contributed by atoms with Crippen molar-refractivity contribution < 1.29 is 55.6 Å². The summed E-state index contributed by atoms with van der Waals surface area (Å²) >= 11 is 0. The zero-order valence-corrected chi connectivity index (χ0v) is 25.2. The highest BCUT2D eigenvalue weighted by Gasteiger charge is 2.58. The minimum Gasteiger partial charge on any atom is -0.489 e. The van der Waals surface area contributed by atoms with Gasteiger partial charge in [-0.3, -0.25) is 9.59 Å². The predicted octanol–water partition coefficient (Wildman–Crippen LogP) is 3.92. The number of carbonyl (C=O) groups excluding carboxylic acids is 2. The van der Waals surface area contributed by atoms with E-state index in [4.69, 9.17) is 15.2 Å². The van der Waals surface area contributed by atoms with E-state index >= 15 is 0 Å². The molecule has 3 aromatic heterocycles. The molecule has 1 unspecified atom stereocenters. The molecule has 0 radical (unpaired) electrons. The lowest BCUT2D eigenvalue weighted by molar-refractivity contribution is -0.286. The zero-order chi connectivity index (χ0) is 34.4. The van der Waals surface area contributed by atoms with Crippen LogP contribution in [0.2, 0.25) is 0 Å². The molecule has 0 bridgehead atoms. The number of carbonyl (C=O) groups is 2. The van der Waals surface area contributed by atoms with E-state index in [0.717, 1.165) is 36.7 Å². The number of pyridine rings is 2. The number of amides is 2. The van der Waals surface area contributed by atoms with Crippen LogP contribution in [0.5, 0.6) is 23.1 Å². The van der Waals surface area contributed by atoms with E-state index in [9.17, 15) is 36.6 Å². The molecular weight excluding hydrogens is 649 g/mol. The lowest BCUT2D eigenvalue weighted by Gasteiger charge is -2.31. The Hall–Kier alpha value is -5.19. The van der Waals surface area contributed by atoms with Crippen LogP contribution >= 0.6 is 0 Å². The number of aliphatic hydroxyl groups is 1. The molecule has 2 amide bonds. The highest BCUT2D eigenvalue weighted by molar-refractivity contribution is 5.96. The summed E-state index contributed by atoms with van der Waals surface area (Å²) in [6.45, 7) is -0.471. The standard InChI is InChI=1S/C31H26F5N5O7/c1-28(27(37)43)13-46-25-18(28)11-22(39-24(25)15-5-6-20-21(8-15)48-31(35,36)47-20)29(44,30(32,33)34)12-38-26(42)16-7-17-10-19(14-3-4-14)40-41(17)23(9-16)45-2/h5-11,14,44H,3-4,12-13H2,1-2H3,(H2,37,43)(H,38,42)/t28-,29?/m0/s1. The average Bonchev–Trinajstić information content (AvgIpc) is 3.57. The summed E-state index contributed by atoms with van der Waals surface area (Å²) in [6, 6.07) is 8.64. The Bertz CT molecular complexity index is 2010. The number of hydrogen-bond donors (Lipinski definition) is 3. The summed E-state index contributed by atoms with van der Waals surface area (Å²) in [5.74, 6) is -2.44. The van der Waals surface area contributed by atoms with Crippen LogP contribution in [0.1, 0.15) is 53.0 Å². The van der Waals surface area contributed by atoms with Crippen molar-refractivity contribution in [2.24, 2.45) is 5.73 Å². The number of primary amides is 1. The Morgan fingerprint density at radius 1 is 1.12 bits per heavy atom. The maximum atomic E-state index is 14.8. The normalized spacial score (nSPS) is 20.6. The van der Waals surface area contributed by atoms with Gasteiger partial charge in [-0.15, -0.1) is 8.78 Å². The summed E-state index contributed by atoms with van der Waals surface area (Å²) in [6.07, 6.45) is -7.50. The molecule has 5 heterocycles. The second-order valence-electron chi connectivity index (χ2n) is 12.1. The molecule has 2 aliphatic heterocycles. The minimum absolute atomic E-state index is 0.0674. The molecule has 1 aromatic carbocycles. The van der Waals surface area contributed by atoms with Gasteiger partial charge >= 0.3 is 12.5 Å². The zero-order valence-electron chi connectivity index (χ0n) is 25.2. The number of hydrogen-bond acceptors (Lipinski definition) is 9. The number of nitrogens with zero attached hydrogens (tertiary/aromatic N) is 3. The fourth-order valence-corrected chi connectivity index (χ4v) is 5.68. The maximum absolute atomic E-state index is 14.8. The number of alkyl halides is 5. The molecule has 12 nitrogen and oxygen atoms in total. The van der Waals surface area contributed by atoms with E-state index in [2.05, 4.69) is 24.9 Å². The van der Waals surface area contributed by atoms with E-state index in [0.29, 0.717) is 5.52 Å². The molecule has 2 atom stereocenters. The Morgan fingerprint density at radius 2 is 1.85 bits per heavy atom. The predicted molar refractivity (Wildman–Crippen MR) is 154 cm³/mol. The van der Waals surface area contributed by atoms with Crippen LogP contribution in [0.15, 0.2) is 42.5 Å². The molecule has 0 saturated heterocycles. The van der Waals surface area contributed by atoms with Crippen LogP contribution in [0.4, 0.5) is 22.0 Å². The second-order valence-corrected chi connectivity index (χ2v) is 12.1. The summed E-state index contributed by atoms with van der Waals surface area (Å²) in [4.78, 5) is 29.9. The van der Waals surface area contributed by atoms with Crippen molar-refractivity contribution in [2.75, 3.05) is 20.3 Å². The van der Waals surface area contributed by atoms with Gasteiger partial charge in [-0.25, -0.2) is 9.50 Å².